The fraction of sp³-hybridized carbons (Fsp3) is 0.533. The van der Waals surface area contributed by atoms with E-state index in [1.807, 2.05) is 18.2 Å². The van der Waals surface area contributed by atoms with Crippen molar-refractivity contribution in [2.75, 3.05) is 34.3 Å². The molecule has 0 amide bonds. The Morgan fingerprint density at radius 2 is 2.11 bits per heavy atom. The fourth-order valence-electron chi connectivity index (χ4n) is 1.86. The third-order valence-corrected chi connectivity index (χ3v) is 2.92. The highest BCUT2D eigenvalue weighted by molar-refractivity contribution is 5.45. The van der Waals surface area contributed by atoms with E-state index in [4.69, 9.17) is 10.00 Å². The molecule has 0 unspecified atom stereocenters. The van der Waals surface area contributed by atoms with E-state index in [2.05, 4.69) is 30.4 Å². The molecular formula is C15H23N3O. The van der Waals surface area contributed by atoms with E-state index >= 15 is 0 Å². The topological polar surface area (TPSA) is 48.3 Å². The molecule has 1 rings (SSSR count). The monoisotopic (exact) mass is 261 g/mol. The highest BCUT2D eigenvalue weighted by Gasteiger charge is 2.03. The molecular weight excluding hydrogens is 238 g/mol. The van der Waals surface area contributed by atoms with Crippen LogP contribution in [0.4, 0.5) is 0 Å². The fourth-order valence-corrected chi connectivity index (χ4v) is 1.86. The van der Waals surface area contributed by atoms with Gasteiger partial charge in [-0.3, -0.25) is 0 Å². The van der Waals surface area contributed by atoms with Crippen LogP contribution < -0.4 is 10.1 Å². The first-order valence-electron chi connectivity index (χ1n) is 6.60. The number of benzene rings is 1. The summed E-state index contributed by atoms with van der Waals surface area (Å²) < 4.78 is 5.12. The lowest BCUT2D eigenvalue weighted by molar-refractivity contribution is 0.391. The minimum atomic E-state index is 0.592. The number of ether oxygens (including phenoxy) is 1. The van der Waals surface area contributed by atoms with Crippen LogP contribution in [0, 0.1) is 11.3 Å². The Labute approximate surface area is 116 Å². The molecule has 19 heavy (non-hydrogen) atoms. The van der Waals surface area contributed by atoms with Crippen molar-refractivity contribution in [1.82, 2.24) is 10.2 Å². The molecule has 0 saturated heterocycles. The maximum Gasteiger partial charge on any atom is 0.136 e. The average molecular weight is 261 g/mol. The van der Waals surface area contributed by atoms with Gasteiger partial charge in [0.1, 0.15) is 11.8 Å². The summed E-state index contributed by atoms with van der Waals surface area (Å²) in [6, 6.07) is 7.87. The molecule has 4 heteroatoms. The number of methoxy groups -OCH3 is 1. The van der Waals surface area contributed by atoms with Gasteiger partial charge >= 0.3 is 0 Å². The van der Waals surface area contributed by atoms with Gasteiger partial charge in [-0.15, -0.1) is 0 Å². The van der Waals surface area contributed by atoms with Crippen molar-refractivity contribution < 1.29 is 4.74 Å². The van der Waals surface area contributed by atoms with Crippen molar-refractivity contribution >= 4 is 0 Å². The zero-order valence-electron chi connectivity index (χ0n) is 12.1. The molecule has 0 spiro atoms. The molecule has 1 aromatic rings. The predicted octanol–water partition coefficient (Wildman–Crippen LogP) is 2.00. The van der Waals surface area contributed by atoms with E-state index in [-0.39, 0.29) is 0 Å². The number of nitrogens with one attached hydrogen (secondary N) is 1. The van der Waals surface area contributed by atoms with Gasteiger partial charge in [0.2, 0.25) is 0 Å². The zero-order chi connectivity index (χ0) is 14.1. The first kappa shape index (κ1) is 15.5. The van der Waals surface area contributed by atoms with Crippen molar-refractivity contribution in [3.63, 3.8) is 0 Å². The number of rotatable bonds is 8. The molecule has 0 aliphatic heterocycles. The van der Waals surface area contributed by atoms with E-state index < -0.39 is 0 Å². The highest BCUT2D eigenvalue weighted by atomic mass is 16.5. The summed E-state index contributed by atoms with van der Waals surface area (Å²) in [5.41, 5.74) is 1.71. The van der Waals surface area contributed by atoms with E-state index in [1.54, 1.807) is 7.11 Å². The zero-order valence-corrected chi connectivity index (χ0v) is 12.1. The van der Waals surface area contributed by atoms with Crippen molar-refractivity contribution in [3.05, 3.63) is 29.3 Å². The van der Waals surface area contributed by atoms with Crippen LogP contribution in [0.25, 0.3) is 0 Å². The third-order valence-electron chi connectivity index (χ3n) is 2.92. The third kappa shape index (κ3) is 5.73. The molecule has 104 valence electrons. The summed E-state index contributed by atoms with van der Waals surface area (Å²) in [7, 11) is 5.77. The maximum absolute atomic E-state index is 9.01. The second-order valence-corrected chi connectivity index (χ2v) is 4.83. The molecule has 0 heterocycles. The molecule has 0 bridgehead atoms. The average Bonchev–Trinajstić information content (AvgIpc) is 2.42. The number of unbranched alkanes of at least 4 members (excludes halogenated alkanes) is 1. The van der Waals surface area contributed by atoms with Gasteiger partial charge in [-0.25, -0.2) is 0 Å². The summed E-state index contributed by atoms with van der Waals surface area (Å²) in [4.78, 5) is 2.20. The number of nitriles is 1. The minimum absolute atomic E-state index is 0.592. The van der Waals surface area contributed by atoms with E-state index in [1.165, 1.54) is 12.8 Å². The quantitative estimate of drug-likeness (QED) is 0.727. The molecule has 4 nitrogen and oxygen atoms in total. The lowest BCUT2D eigenvalue weighted by Gasteiger charge is -2.10. The van der Waals surface area contributed by atoms with Crippen LogP contribution in [0.15, 0.2) is 18.2 Å². The van der Waals surface area contributed by atoms with Crippen molar-refractivity contribution in [2.24, 2.45) is 0 Å². The van der Waals surface area contributed by atoms with Crippen LogP contribution in [0.5, 0.6) is 5.75 Å². The van der Waals surface area contributed by atoms with Crippen molar-refractivity contribution in [1.29, 1.82) is 5.26 Å². The number of hydrogen-bond acceptors (Lipinski definition) is 4. The molecule has 0 aliphatic carbocycles. The maximum atomic E-state index is 9.01. The lowest BCUT2D eigenvalue weighted by atomic mass is 10.1. The Bertz CT molecular complexity index is 424. The Morgan fingerprint density at radius 3 is 2.74 bits per heavy atom. The van der Waals surface area contributed by atoms with Gasteiger partial charge in [-0.1, -0.05) is 6.07 Å². The van der Waals surface area contributed by atoms with Crippen LogP contribution in [-0.2, 0) is 6.54 Å². The van der Waals surface area contributed by atoms with Crippen molar-refractivity contribution in [2.45, 2.75) is 19.4 Å². The van der Waals surface area contributed by atoms with Gasteiger partial charge in [0.05, 0.1) is 12.7 Å². The van der Waals surface area contributed by atoms with Gasteiger partial charge in [-0.2, -0.15) is 5.26 Å². The van der Waals surface area contributed by atoms with E-state index in [0.717, 1.165) is 25.2 Å². The summed E-state index contributed by atoms with van der Waals surface area (Å²) in [5, 5.41) is 12.4. The van der Waals surface area contributed by atoms with Crippen molar-refractivity contribution in [3.8, 4) is 11.8 Å². The normalized spacial score (nSPS) is 10.5. The molecule has 0 saturated carbocycles. The summed E-state index contributed by atoms with van der Waals surface area (Å²) in [6.45, 7) is 2.92. The van der Waals surface area contributed by atoms with Gasteiger partial charge in [-0.05, 0) is 57.7 Å². The number of nitrogens with zero attached hydrogens (tertiary/aromatic N) is 2. The Balaban J connectivity index is 2.32. The molecule has 0 radical (unpaired) electrons. The summed E-state index contributed by atoms with van der Waals surface area (Å²) in [5.74, 6) is 0.636. The lowest BCUT2D eigenvalue weighted by Crippen LogP contribution is -2.18. The van der Waals surface area contributed by atoms with Gasteiger partial charge in [0.25, 0.3) is 0 Å². The second kappa shape index (κ2) is 8.52. The first-order valence-corrected chi connectivity index (χ1v) is 6.60. The van der Waals surface area contributed by atoms with Crippen LogP contribution in [-0.4, -0.2) is 39.2 Å². The molecule has 0 aromatic heterocycles. The predicted molar refractivity (Wildman–Crippen MR) is 77.2 cm³/mol. The smallest absolute Gasteiger partial charge is 0.136 e. The van der Waals surface area contributed by atoms with E-state index in [9.17, 15) is 0 Å². The van der Waals surface area contributed by atoms with Crippen LogP contribution in [0.2, 0.25) is 0 Å². The molecule has 1 aromatic carbocycles. The summed E-state index contributed by atoms with van der Waals surface area (Å²) in [6.07, 6.45) is 2.37. The Morgan fingerprint density at radius 1 is 1.32 bits per heavy atom. The SMILES string of the molecule is COc1ccc(CNCCCCN(C)C)cc1C#N. The van der Waals surface area contributed by atoms with Gasteiger partial charge in [0.15, 0.2) is 0 Å². The molecule has 1 N–H and O–H groups in total. The molecule has 0 atom stereocenters. The largest absolute Gasteiger partial charge is 0.495 e. The van der Waals surface area contributed by atoms with Crippen LogP contribution in [0.3, 0.4) is 0 Å². The standard InChI is InChI=1S/C15H23N3O/c1-18(2)9-5-4-8-17-12-13-6-7-15(19-3)14(10-13)11-16/h6-7,10,17H,4-5,8-9,12H2,1-3H3. The first-order chi connectivity index (χ1) is 9.17. The second-order valence-electron chi connectivity index (χ2n) is 4.83. The van der Waals surface area contributed by atoms with Crippen LogP contribution >= 0.6 is 0 Å². The van der Waals surface area contributed by atoms with E-state index in [0.29, 0.717) is 11.3 Å². The minimum Gasteiger partial charge on any atom is -0.495 e. The number of hydrogen-bond donors (Lipinski definition) is 1. The molecule has 0 fully saturated rings. The molecule has 0 aliphatic rings. The van der Waals surface area contributed by atoms with Gasteiger partial charge in [0, 0.05) is 6.54 Å². The highest BCUT2D eigenvalue weighted by Crippen LogP contribution is 2.18. The summed E-state index contributed by atoms with van der Waals surface area (Å²) >= 11 is 0. The van der Waals surface area contributed by atoms with Gasteiger partial charge < -0.3 is 15.0 Å². The Kier molecular flexibility index (Phi) is 6.94. The Hall–Kier alpha value is -1.57. The van der Waals surface area contributed by atoms with Crippen LogP contribution in [0.1, 0.15) is 24.0 Å².